The van der Waals surface area contributed by atoms with Gasteiger partial charge in [-0.2, -0.15) is 0 Å². The monoisotopic (exact) mass is 227 g/mol. The zero-order valence-corrected chi connectivity index (χ0v) is 9.82. The Balaban J connectivity index is 1.71. The molecule has 0 amide bonds. The topological polar surface area (TPSA) is 40.7 Å². The SMILES string of the molecule is c1ncc(-c2ccc(NC3CCCC3)cc2)[nH]1. The minimum Gasteiger partial charge on any atom is -0.382 e. The van der Waals surface area contributed by atoms with E-state index in [0.717, 1.165) is 5.69 Å². The first-order valence-electron chi connectivity index (χ1n) is 6.27. The predicted molar refractivity (Wildman–Crippen MR) is 69.9 cm³/mol. The largest absolute Gasteiger partial charge is 0.382 e. The van der Waals surface area contributed by atoms with Gasteiger partial charge in [0.25, 0.3) is 0 Å². The minimum atomic E-state index is 0.674. The van der Waals surface area contributed by atoms with E-state index in [1.54, 1.807) is 6.33 Å². The van der Waals surface area contributed by atoms with Gasteiger partial charge in [-0.05, 0) is 30.5 Å². The fourth-order valence-electron chi connectivity index (χ4n) is 2.47. The van der Waals surface area contributed by atoms with Crippen LogP contribution in [-0.2, 0) is 0 Å². The number of H-pyrrole nitrogens is 1. The summed E-state index contributed by atoms with van der Waals surface area (Å²) in [6.45, 7) is 0. The molecule has 0 aliphatic heterocycles. The maximum Gasteiger partial charge on any atom is 0.0924 e. The molecule has 1 fully saturated rings. The number of hydrogen-bond acceptors (Lipinski definition) is 2. The van der Waals surface area contributed by atoms with Crippen molar-refractivity contribution in [2.45, 2.75) is 31.7 Å². The lowest BCUT2D eigenvalue weighted by Gasteiger charge is -2.13. The number of aromatic amines is 1. The Morgan fingerprint density at radius 3 is 2.53 bits per heavy atom. The van der Waals surface area contributed by atoms with E-state index in [0.29, 0.717) is 6.04 Å². The van der Waals surface area contributed by atoms with Gasteiger partial charge in [0.05, 0.1) is 18.2 Å². The van der Waals surface area contributed by atoms with E-state index >= 15 is 0 Å². The number of rotatable bonds is 3. The summed E-state index contributed by atoms with van der Waals surface area (Å²) in [4.78, 5) is 7.15. The molecule has 3 rings (SSSR count). The van der Waals surface area contributed by atoms with E-state index in [4.69, 9.17) is 0 Å². The maximum atomic E-state index is 4.03. The summed E-state index contributed by atoms with van der Waals surface area (Å²) in [7, 11) is 0. The number of benzene rings is 1. The molecule has 3 heteroatoms. The molecule has 1 aromatic heterocycles. The van der Waals surface area contributed by atoms with Crippen LogP contribution in [0.2, 0.25) is 0 Å². The highest BCUT2D eigenvalue weighted by atomic mass is 14.9. The Morgan fingerprint density at radius 1 is 1.12 bits per heavy atom. The Bertz CT molecular complexity index is 453. The van der Waals surface area contributed by atoms with Gasteiger partial charge in [-0.25, -0.2) is 4.98 Å². The highest BCUT2D eigenvalue weighted by Gasteiger charge is 2.14. The fraction of sp³-hybridized carbons (Fsp3) is 0.357. The van der Waals surface area contributed by atoms with Crippen molar-refractivity contribution in [1.29, 1.82) is 0 Å². The molecule has 1 heterocycles. The van der Waals surface area contributed by atoms with Crippen molar-refractivity contribution in [3.8, 4) is 11.3 Å². The number of anilines is 1. The third-order valence-corrected chi connectivity index (χ3v) is 3.42. The Morgan fingerprint density at radius 2 is 1.88 bits per heavy atom. The number of imidazole rings is 1. The molecule has 0 saturated heterocycles. The molecule has 2 aromatic rings. The van der Waals surface area contributed by atoms with Gasteiger partial charge in [0, 0.05) is 11.7 Å². The van der Waals surface area contributed by atoms with Crippen LogP contribution < -0.4 is 5.32 Å². The Labute approximate surface area is 101 Å². The first kappa shape index (κ1) is 10.4. The molecule has 0 radical (unpaired) electrons. The summed E-state index contributed by atoms with van der Waals surface area (Å²) in [6.07, 6.45) is 8.90. The van der Waals surface area contributed by atoms with Crippen LogP contribution in [-0.4, -0.2) is 16.0 Å². The number of nitrogens with one attached hydrogen (secondary N) is 2. The van der Waals surface area contributed by atoms with E-state index in [1.807, 2.05) is 6.20 Å². The van der Waals surface area contributed by atoms with Crippen molar-refractivity contribution in [1.82, 2.24) is 9.97 Å². The minimum absolute atomic E-state index is 0.674. The molecule has 1 aliphatic carbocycles. The van der Waals surface area contributed by atoms with Gasteiger partial charge >= 0.3 is 0 Å². The summed E-state index contributed by atoms with van der Waals surface area (Å²) >= 11 is 0. The van der Waals surface area contributed by atoms with Crippen molar-refractivity contribution in [3.63, 3.8) is 0 Å². The molecular weight excluding hydrogens is 210 g/mol. The molecule has 0 unspecified atom stereocenters. The van der Waals surface area contributed by atoms with Crippen LogP contribution in [0.4, 0.5) is 5.69 Å². The smallest absolute Gasteiger partial charge is 0.0924 e. The zero-order chi connectivity index (χ0) is 11.5. The third kappa shape index (κ3) is 2.33. The third-order valence-electron chi connectivity index (χ3n) is 3.42. The van der Waals surface area contributed by atoms with Crippen LogP contribution in [0.15, 0.2) is 36.8 Å². The van der Waals surface area contributed by atoms with Crippen LogP contribution in [0, 0.1) is 0 Å². The summed E-state index contributed by atoms with van der Waals surface area (Å²) in [5.41, 5.74) is 3.47. The van der Waals surface area contributed by atoms with Crippen molar-refractivity contribution >= 4 is 5.69 Å². The van der Waals surface area contributed by atoms with Gasteiger partial charge in [-0.1, -0.05) is 25.0 Å². The van der Waals surface area contributed by atoms with Crippen LogP contribution in [0.5, 0.6) is 0 Å². The molecule has 2 N–H and O–H groups in total. The summed E-state index contributed by atoms with van der Waals surface area (Å²) in [6, 6.07) is 9.23. The second kappa shape index (κ2) is 4.62. The highest BCUT2D eigenvalue weighted by molar-refractivity contribution is 5.62. The first-order valence-corrected chi connectivity index (χ1v) is 6.27. The van der Waals surface area contributed by atoms with Crippen LogP contribution in [0.1, 0.15) is 25.7 Å². The van der Waals surface area contributed by atoms with E-state index < -0.39 is 0 Å². The van der Waals surface area contributed by atoms with E-state index in [9.17, 15) is 0 Å². The van der Waals surface area contributed by atoms with E-state index in [1.165, 1.54) is 36.9 Å². The molecule has 1 aliphatic rings. The summed E-state index contributed by atoms with van der Waals surface area (Å²) in [5, 5.41) is 3.59. The van der Waals surface area contributed by atoms with Crippen LogP contribution in [0.3, 0.4) is 0 Å². The van der Waals surface area contributed by atoms with Crippen molar-refractivity contribution in [3.05, 3.63) is 36.8 Å². The lowest BCUT2D eigenvalue weighted by atomic mass is 10.1. The quantitative estimate of drug-likeness (QED) is 0.843. The van der Waals surface area contributed by atoms with E-state index in [2.05, 4.69) is 39.6 Å². The zero-order valence-electron chi connectivity index (χ0n) is 9.82. The Kier molecular flexibility index (Phi) is 2.82. The first-order chi connectivity index (χ1) is 8.42. The molecule has 0 spiro atoms. The van der Waals surface area contributed by atoms with Gasteiger partial charge < -0.3 is 10.3 Å². The van der Waals surface area contributed by atoms with Gasteiger partial charge in [0.2, 0.25) is 0 Å². The Hall–Kier alpha value is -1.77. The van der Waals surface area contributed by atoms with Crippen LogP contribution >= 0.6 is 0 Å². The molecule has 1 aromatic carbocycles. The normalized spacial score (nSPS) is 16.2. The van der Waals surface area contributed by atoms with Crippen molar-refractivity contribution in [2.24, 2.45) is 0 Å². The van der Waals surface area contributed by atoms with Gasteiger partial charge in [-0.3, -0.25) is 0 Å². The van der Waals surface area contributed by atoms with Crippen LogP contribution in [0.25, 0.3) is 11.3 Å². The lowest BCUT2D eigenvalue weighted by Crippen LogP contribution is -2.14. The predicted octanol–water partition coefficient (Wildman–Crippen LogP) is 3.43. The van der Waals surface area contributed by atoms with Crippen molar-refractivity contribution in [2.75, 3.05) is 5.32 Å². The second-order valence-electron chi connectivity index (χ2n) is 4.67. The molecular formula is C14H17N3. The molecule has 17 heavy (non-hydrogen) atoms. The number of nitrogens with zero attached hydrogens (tertiary/aromatic N) is 1. The molecule has 88 valence electrons. The van der Waals surface area contributed by atoms with Gasteiger partial charge in [-0.15, -0.1) is 0 Å². The lowest BCUT2D eigenvalue weighted by molar-refractivity contribution is 0.755. The molecule has 0 bridgehead atoms. The maximum absolute atomic E-state index is 4.03. The van der Waals surface area contributed by atoms with Crippen molar-refractivity contribution < 1.29 is 0 Å². The average molecular weight is 227 g/mol. The second-order valence-corrected chi connectivity index (χ2v) is 4.67. The standard InChI is InChI=1S/C14H17N3/c1-2-4-12(3-1)17-13-7-5-11(6-8-13)14-9-15-10-16-14/h5-10,12,17H,1-4H2,(H,15,16). The van der Waals surface area contributed by atoms with Gasteiger partial charge in [0.1, 0.15) is 0 Å². The highest BCUT2D eigenvalue weighted by Crippen LogP contribution is 2.24. The summed E-state index contributed by atoms with van der Waals surface area (Å²) in [5.74, 6) is 0. The molecule has 3 nitrogen and oxygen atoms in total. The van der Waals surface area contributed by atoms with Gasteiger partial charge in [0.15, 0.2) is 0 Å². The van der Waals surface area contributed by atoms with E-state index in [-0.39, 0.29) is 0 Å². The molecule has 1 saturated carbocycles. The number of aromatic nitrogens is 2. The average Bonchev–Trinajstić information content (AvgIpc) is 3.01. The summed E-state index contributed by atoms with van der Waals surface area (Å²) < 4.78 is 0. The number of hydrogen-bond donors (Lipinski definition) is 2. The molecule has 0 atom stereocenters. The fourth-order valence-corrected chi connectivity index (χ4v) is 2.47.